The highest BCUT2D eigenvalue weighted by molar-refractivity contribution is 6.34. The van der Waals surface area contributed by atoms with Gasteiger partial charge in [-0.1, -0.05) is 48.0 Å². The van der Waals surface area contributed by atoms with Crippen molar-refractivity contribution in [3.05, 3.63) is 87.5 Å². The number of fused-ring (bicyclic) bond motifs is 1. The molecule has 2 heterocycles. The highest BCUT2D eigenvalue weighted by Gasteiger charge is 2.26. The van der Waals surface area contributed by atoms with Crippen LogP contribution in [-0.4, -0.2) is 34.4 Å². The Morgan fingerprint density at radius 3 is 2.70 bits per heavy atom. The second-order valence-corrected chi connectivity index (χ2v) is 7.82. The normalized spacial score (nSPS) is 18.1. The predicted octanol–water partition coefficient (Wildman–Crippen LogP) is 4.48. The molecule has 4 rings (SSSR count). The van der Waals surface area contributed by atoms with E-state index in [0.29, 0.717) is 41.5 Å². The molecule has 1 N–H and O–H groups in total. The van der Waals surface area contributed by atoms with Gasteiger partial charge in [-0.05, 0) is 12.1 Å². The van der Waals surface area contributed by atoms with Crippen molar-refractivity contribution in [2.75, 3.05) is 19.7 Å². The number of hydroxylamine groups is 3. The van der Waals surface area contributed by atoms with Crippen molar-refractivity contribution in [1.82, 2.24) is 4.98 Å². The molecule has 0 saturated heterocycles. The van der Waals surface area contributed by atoms with E-state index >= 15 is 0 Å². The summed E-state index contributed by atoms with van der Waals surface area (Å²) in [6.45, 7) is 0.952. The molecule has 0 aliphatic carbocycles. The first-order valence-electron chi connectivity index (χ1n) is 9.81. The van der Waals surface area contributed by atoms with E-state index < -0.39 is 4.65 Å². The lowest BCUT2D eigenvalue weighted by Crippen LogP contribution is -2.47. The van der Waals surface area contributed by atoms with Gasteiger partial charge in [-0.15, -0.1) is 0 Å². The van der Waals surface area contributed by atoms with Crippen LogP contribution in [0.3, 0.4) is 0 Å². The van der Waals surface area contributed by atoms with Gasteiger partial charge in [0, 0.05) is 34.7 Å². The average molecular weight is 429 g/mol. The summed E-state index contributed by atoms with van der Waals surface area (Å²) in [5, 5.41) is 22.1. The topological polar surface area (TPSA) is 65.4 Å². The predicted molar refractivity (Wildman–Crippen MR) is 113 cm³/mol. The smallest absolute Gasteiger partial charge is 0.213 e. The first-order valence-corrected chi connectivity index (χ1v) is 10.2. The van der Waals surface area contributed by atoms with E-state index in [4.69, 9.17) is 21.4 Å². The first kappa shape index (κ1) is 20.8. The number of aromatic nitrogens is 1. The zero-order valence-electron chi connectivity index (χ0n) is 16.4. The summed E-state index contributed by atoms with van der Waals surface area (Å²) >= 11 is 6.53. The third-order valence-electron chi connectivity index (χ3n) is 5.38. The molecule has 2 aromatic carbocycles. The van der Waals surface area contributed by atoms with E-state index in [1.165, 1.54) is 6.07 Å². The number of aliphatic hydroxyl groups excluding tert-OH is 1. The maximum atomic E-state index is 14.2. The Bertz CT molecular complexity index is 1060. The third-order valence-corrected chi connectivity index (χ3v) is 5.83. The van der Waals surface area contributed by atoms with Gasteiger partial charge >= 0.3 is 0 Å². The van der Waals surface area contributed by atoms with Gasteiger partial charge in [-0.3, -0.25) is 0 Å². The Morgan fingerprint density at radius 1 is 1.10 bits per heavy atom. The number of halogens is 2. The van der Waals surface area contributed by atoms with Crippen LogP contribution in [0.2, 0.25) is 5.02 Å². The van der Waals surface area contributed by atoms with Crippen LogP contribution >= 0.6 is 11.6 Å². The molecule has 0 fully saturated rings. The van der Waals surface area contributed by atoms with Crippen LogP contribution < -0.4 is 4.74 Å². The quantitative estimate of drug-likeness (QED) is 0.464. The summed E-state index contributed by atoms with van der Waals surface area (Å²) in [7, 11) is 0. The zero-order valence-corrected chi connectivity index (χ0v) is 17.1. The lowest BCUT2D eigenvalue weighted by Gasteiger charge is -2.45. The number of rotatable bonds is 6. The summed E-state index contributed by atoms with van der Waals surface area (Å²) in [5.74, 6) is 0.122. The van der Waals surface area contributed by atoms with Crippen molar-refractivity contribution in [1.29, 1.82) is 0 Å². The first-order chi connectivity index (χ1) is 14.5. The molecule has 1 atom stereocenters. The molecular weight excluding hydrogens is 407 g/mol. The van der Waals surface area contributed by atoms with Gasteiger partial charge in [-0.2, -0.15) is 0 Å². The van der Waals surface area contributed by atoms with E-state index in [1.54, 1.807) is 30.3 Å². The Balaban J connectivity index is 1.50. The van der Waals surface area contributed by atoms with Crippen molar-refractivity contribution >= 4 is 11.6 Å². The van der Waals surface area contributed by atoms with Crippen LogP contribution in [0.15, 0.2) is 54.6 Å². The van der Waals surface area contributed by atoms with Crippen LogP contribution in [0, 0.1) is 11.0 Å². The van der Waals surface area contributed by atoms with Gasteiger partial charge in [0.15, 0.2) is 0 Å². The highest BCUT2D eigenvalue weighted by Crippen LogP contribution is 2.33. The van der Waals surface area contributed by atoms with Crippen LogP contribution in [0.25, 0.3) is 11.1 Å². The maximum absolute atomic E-state index is 14.2. The second-order valence-electron chi connectivity index (χ2n) is 7.44. The van der Waals surface area contributed by atoms with E-state index in [2.05, 4.69) is 4.98 Å². The summed E-state index contributed by atoms with van der Waals surface area (Å²) in [5.41, 5.74) is 3.52. The van der Waals surface area contributed by atoms with Crippen LogP contribution in [0.1, 0.15) is 16.8 Å². The third kappa shape index (κ3) is 4.32. The number of benzene rings is 2. The minimum absolute atomic E-state index is 0.125. The molecular formula is C23H22ClFN2O3. The Kier molecular flexibility index (Phi) is 6.01. The fourth-order valence-electron chi connectivity index (χ4n) is 3.75. The minimum Gasteiger partial charge on any atom is -0.632 e. The highest BCUT2D eigenvalue weighted by atomic mass is 35.5. The molecule has 1 aliphatic rings. The van der Waals surface area contributed by atoms with Gasteiger partial charge in [0.1, 0.15) is 25.5 Å². The zero-order chi connectivity index (χ0) is 21.1. The van der Waals surface area contributed by atoms with Gasteiger partial charge < -0.3 is 19.7 Å². The second kappa shape index (κ2) is 8.70. The summed E-state index contributed by atoms with van der Waals surface area (Å²) in [4.78, 5) is 4.54. The molecule has 156 valence electrons. The fourth-order valence-corrected chi connectivity index (χ4v) is 4.04. The molecule has 1 aliphatic heterocycles. The Morgan fingerprint density at radius 2 is 1.90 bits per heavy atom. The van der Waals surface area contributed by atoms with E-state index in [1.807, 2.05) is 18.2 Å². The van der Waals surface area contributed by atoms with Crippen molar-refractivity contribution in [3.8, 4) is 17.0 Å². The van der Waals surface area contributed by atoms with Crippen LogP contribution in [0.5, 0.6) is 5.88 Å². The van der Waals surface area contributed by atoms with Gasteiger partial charge in [-0.25, -0.2) is 9.37 Å². The molecule has 0 radical (unpaired) electrons. The van der Waals surface area contributed by atoms with Crippen LogP contribution in [-0.2, 0) is 19.6 Å². The molecule has 7 heteroatoms. The number of pyridine rings is 1. The molecule has 0 bridgehead atoms. The van der Waals surface area contributed by atoms with Crippen molar-refractivity contribution in [3.63, 3.8) is 0 Å². The molecule has 5 nitrogen and oxygen atoms in total. The number of aliphatic hydroxyl groups is 1. The molecule has 30 heavy (non-hydrogen) atoms. The van der Waals surface area contributed by atoms with Gasteiger partial charge in [0.05, 0.1) is 23.9 Å². The van der Waals surface area contributed by atoms with E-state index in [0.717, 1.165) is 16.8 Å². The Hall–Kier alpha value is -2.51. The molecule has 0 spiro atoms. The fraction of sp³-hybridized carbons (Fsp3) is 0.261. The van der Waals surface area contributed by atoms with Crippen molar-refractivity contribution in [2.24, 2.45) is 0 Å². The summed E-state index contributed by atoms with van der Waals surface area (Å²) in [6.07, 6.45) is 0.541. The molecule has 1 unspecified atom stereocenters. The molecule has 1 aromatic heterocycles. The average Bonchev–Trinajstić information content (AvgIpc) is 2.74. The number of ether oxygens (including phenoxy) is 1. The largest absolute Gasteiger partial charge is 0.632 e. The van der Waals surface area contributed by atoms with E-state index in [-0.39, 0.29) is 25.6 Å². The Labute approximate surface area is 179 Å². The lowest BCUT2D eigenvalue weighted by molar-refractivity contribution is -0.896. The monoisotopic (exact) mass is 428 g/mol. The summed E-state index contributed by atoms with van der Waals surface area (Å²) in [6, 6.07) is 15.5. The standard InChI is InChI=1S/C23H22ClFN2O3/c24-23-17(4-3-6-19(23)18-5-1-2-7-20(18)25)15-30-22-9-8-16-14-27(29,12-13-28)11-10-21(16)26-22/h1-9,28H,10-15H2. The maximum Gasteiger partial charge on any atom is 0.213 e. The van der Waals surface area contributed by atoms with Gasteiger partial charge in [0.2, 0.25) is 5.88 Å². The molecule has 0 amide bonds. The lowest BCUT2D eigenvalue weighted by atomic mass is 10.0. The van der Waals surface area contributed by atoms with Gasteiger partial charge in [0.25, 0.3) is 0 Å². The minimum atomic E-state index is -0.427. The number of hydrogen-bond acceptors (Lipinski definition) is 4. The summed E-state index contributed by atoms with van der Waals surface area (Å²) < 4.78 is 19.6. The number of hydrogen-bond donors (Lipinski definition) is 1. The number of nitrogens with zero attached hydrogens (tertiary/aromatic N) is 2. The number of quaternary nitrogens is 1. The van der Waals surface area contributed by atoms with Crippen molar-refractivity contribution in [2.45, 2.75) is 19.6 Å². The van der Waals surface area contributed by atoms with E-state index in [9.17, 15) is 9.60 Å². The SMILES string of the molecule is [O-][N+]1(CCO)CCc2nc(OCc3cccc(-c4ccccc4F)c3Cl)ccc2C1. The molecule has 3 aromatic rings. The van der Waals surface area contributed by atoms with Crippen molar-refractivity contribution < 1.29 is 18.9 Å². The molecule has 0 saturated carbocycles. The van der Waals surface area contributed by atoms with Crippen LogP contribution in [0.4, 0.5) is 4.39 Å².